The van der Waals surface area contributed by atoms with Crippen molar-refractivity contribution in [2.45, 2.75) is 45.5 Å². The number of rotatable bonds is 3. The fourth-order valence-corrected chi connectivity index (χ4v) is 2.58. The van der Waals surface area contributed by atoms with Crippen LogP contribution in [0.3, 0.4) is 0 Å². The minimum atomic E-state index is -0.498. The van der Waals surface area contributed by atoms with Crippen LogP contribution in [0.25, 0.3) is 0 Å². The summed E-state index contributed by atoms with van der Waals surface area (Å²) in [5, 5.41) is 0. The molecule has 1 aliphatic rings. The summed E-state index contributed by atoms with van der Waals surface area (Å²) < 4.78 is 25.2. The molecule has 0 radical (unpaired) electrons. The molecular weight excluding hydrogens is 353 g/mol. The van der Waals surface area contributed by atoms with Crippen molar-refractivity contribution in [1.29, 1.82) is 0 Å². The van der Waals surface area contributed by atoms with Gasteiger partial charge in [0.25, 0.3) is 0 Å². The quantitative estimate of drug-likeness (QED) is 0.799. The summed E-state index contributed by atoms with van der Waals surface area (Å²) in [6, 6.07) is 4.51. The Balaban J connectivity index is 1.84. The highest BCUT2D eigenvalue weighted by atomic mass is 79.9. The third-order valence-electron chi connectivity index (χ3n) is 3.28. The second kappa shape index (κ2) is 6.96. The van der Waals surface area contributed by atoms with Crippen LogP contribution in [0.4, 0.5) is 9.18 Å². The Labute approximate surface area is 138 Å². The number of carbonyl (C=O) groups excluding carboxylic acids is 1. The van der Waals surface area contributed by atoms with Crippen LogP contribution < -0.4 is 0 Å². The molecule has 1 aliphatic heterocycles. The van der Waals surface area contributed by atoms with Crippen LogP contribution in [0.1, 0.15) is 32.8 Å². The molecule has 1 aromatic rings. The van der Waals surface area contributed by atoms with Gasteiger partial charge in [-0.05, 0) is 51.0 Å². The Kier molecular flexibility index (Phi) is 5.45. The van der Waals surface area contributed by atoms with Gasteiger partial charge in [-0.2, -0.15) is 0 Å². The van der Waals surface area contributed by atoms with E-state index in [1.807, 2.05) is 20.8 Å². The molecule has 22 heavy (non-hydrogen) atoms. The second-order valence-corrected chi connectivity index (χ2v) is 7.24. The van der Waals surface area contributed by atoms with Crippen molar-refractivity contribution in [3.8, 4) is 0 Å². The van der Waals surface area contributed by atoms with Crippen molar-refractivity contribution in [2.75, 3.05) is 13.1 Å². The average Bonchev–Trinajstić information content (AvgIpc) is 2.87. The fourth-order valence-electron chi connectivity index (χ4n) is 2.22. The van der Waals surface area contributed by atoms with Gasteiger partial charge in [-0.25, -0.2) is 9.18 Å². The first-order chi connectivity index (χ1) is 10.2. The van der Waals surface area contributed by atoms with Crippen LogP contribution >= 0.6 is 15.9 Å². The molecule has 2 rings (SSSR count). The Morgan fingerprint density at radius 3 is 2.86 bits per heavy atom. The third-order valence-corrected chi connectivity index (χ3v) is 4.05. The lowest BCUT2D eigenvalue weighted by Crippen LogP contribution is -2.36. The molecule has 0 spiro atoms. The lowest BCUT2D eigenvalue weighted by atomic mass is 10.2. The van der Waals surface area contributed by atoms with Crippen molar-refractivity contribution < 1.29 is 18.7 Å². The molecule has 1 atom stereocenters. The summed E-state index contributed by atoms with van der Waals surface area (Å²) >= 11 is 3.38. The van der Waals surface area contributed by atoms with Gasteiger partial charge in [0.2, 0.25) is 0 Å². The third kappa shape index (κ3) is 4.95. The Bertz CT molecular complexity index is 545. The smallest absolute Gasteiger partial charge is 0.410 e. The molecule has 0 N–H and O–H groups in total. The van der Waals surface area contributed by atoms with E-state index in [4.69, 9.17) is 9.47 Å². The minimum Gasteiger partial charge on any atom is -0.444 e. The van der Waals surface area contributed by atoms with Crippen LogP contribution in [0, 0.1) is 5.82 Å². The van der Waals surface area contributed by atoms with Crippen molar-refractivity contribution in [2.24, 2.45) is 0 Å². The first-order valence-corrected chi connectivity index (χ1v) is 8.07. The van der Waals surface area contributed by atoms with Crippen LogP contribution in [-0.2, 0) is 16.1 Å². The summed E-state index contributed by atoms with van der Waals surface area (Å²) in [4.78, 5) is 13.6. The van der Waals surface area contributed by atoms with Crippen molar-refractivity contribution in [3.05, 3.63) is 34.1 Å². The second-order valence-electron chi connectivity index (χ2n) is 6.38. The van der Waals surface area contributed by atoms with Gasteiger partial charge >= 0.3 is 6.09 Å². The number of carbonyl (C=O) groups is 1. The normalized spacial score (nSPS) is 18.6. The van der Waals surface area contributed by atoms with E-state index < -0.39 is 5.60 Å². The van der Waals surface area contributed by atoms with Crippen molar-refractivity contribution >= 4 is 22.0 Å². The van der Waals surface area contributed by atoms with Gasteiger partial charge in [-0.1, -0.05) is 15.9 Å². The maximum Gasteiger partial charge on any atom is 0.410 e. The van der Waals surface area contributed by atoms with E-state index in [1.54, 1.807) is 11.0 Å². The van der Waals surface area contributed by atoms with Gasteiger partial charge < -0.3 is 14.4 Å². The Hall–Kier alpha value is -1.14. The number of nitrogens with zero attached hydrogens (tertiary/aromatic N) is 1. The largest absolute Gasteiger partial charge is 0.444 e. The summed E-state index contributed by atoms with van der Waals surface area (Å²) in [5.74, 6) is -0.288. The van der Waals surface area contributed by atoms with Gasteiger partial charge in [0.05, 0.1) is 19.3 Å². The Morgan fingerprint density at radius 1 is 1.45 bits per heavy atom. The number of likely N-dealkylation sites (tertiary alicyclic amines) is 1. The molecular formula is C16H21BrFNO3. The van der Waals surface area contributed by atoms with E-state index in [0.29, 0.717) is 19.7 Å². The molecule has 0 aromatic heterocycles. The number of ether oxygens (including phenoxy) is 2. The SMILES string of the molecule is CC(C)(C)OC(=O)N1CC[C@H](OCc2cc(F)ccc2Br)C1. The Morgan fingerprint density at radius 2 is 2.18 bits per heavy atom. The monoisotopic (exact) mass is 373 g/mol. The summed E-state index contributed by atoms with van der Waals surface area (Å²) in [6.07, 6.45) is 0.389. The molecule has 1 fully saturated rings. The molecule has 0 unspecified atom stereocenters. The molecule has 1 heterocycles. The number of halogens is 2. The van der Waals surface area contributed by atoms with Gasteiger partial charge in [-0.15, -0.1) is 0 Å². The molecule has 0 bridgehead atoms. The molecule has 4 nitrogen and oxygen atoms in total. The lowest BCUT2D eigenvalue weighted by molar-refractivity contribution is 0.0183. The zero-order valence-corrected chi connectivity index (χ0v) is 14.7. The molecule has 1 saturated heterocycles. The maximum absolute atomic E-state index is 13.2. The highest BCUT2D eigenvalue weighted by molar-refractivity contribution is 9.10. The van der Waals surface area contributed by atoms with E-state index in [1.165, 1.54) is 12.1 Å². The van der Waals surface area contributed by atoms with Crippen molar-refractivity contribution in [3.63, 3.8) is 0 Å². The average molecular weight is 374 g/mol. The van der Waals surface area contributed by atoms with Crippen LogP contribution in [0.2, 0.25) is 0 Å². The molecule has 6 heteroatoms. The standard InChI is InChI=1S/C16H21BrFNO3/c1-16(2,3)22-15(20)19-7-6-13(9-19)21-10-11-8-12(18)4-5-14(11)17/h4-5,8,13H,6-7,9-10H2,1-3H3/t13-/m0/s1. The van der Waals surface area contributed by atoms with Gasteiger partial charge in [-0.3, -0.25) is 0 Å². The molecule has 1 amide bonds. The maximum atomic E-state index is 13.2. The first-order valence-electron chi connectivity index (χ1n) is 7.28. The number of amides is 1. The zero-order chi connectivity index (χ0) is 16.3. The summed E-state index contributed by atoms with van der Waals surface area (Å²) in [6.45, 7) is 6.96. The van der Waals surface area contributed by atoms with Crippen LogP contribution in [0.15, 0.2) is 22.7 Å². The van der Waals surface area contributed by atoms with Crippen LogP contribution in [-0.4, -0.2) is 35.8 Å². The number of hydrogen-bond acceptors (Lipinski definition) is 3. The van der Waals surface area contributed by atoms with Gasteiger partial charge in [0, 0.05) is 11.0 Å². The van der Waals surface area contributed by atoms with Crippen LogP contribution in [0.5, 0.6) is 0 Å². The van der Waals surface area contributed by atoms with E-state index in [-0.39, 0.29) is 18.0 Å². The van der Waals surface area contributed by atoms with E-state index in [9.17, 15) is 9.18 Å². The molecule has 0 aliphatic carbocycles. The van der Waals surface area contributed by atoms with Gasteiger partial charge in [0.15, 0.2) is 0 Å². The predicted molar refractivity (Wildman–Crippen MR) is 85.1 cm³/mol. The zero-order valence-electron chi connectivity index (χ0n) is 13.1. The highest BCUT2D eigenvalue weighted by Gasteiger charge is 2.30. The highest BCUT2D eigenvalue weighted by Crippen LogP contribution is 2.22. The number of benzene rings is 1. The first kappa shape index (κ1) is 17.2. The van der Waals surface area contributed by atoms with E-state index in [2.05, 4.69) is 15.9 Å². The summed E-state index contributed by atoms with van der Waals surface area (Å²) in [5.41, 5.74) is 0.262. The lowest BCUT2D eigenvalue weighted by Gasteiger charge is -2.24. The summed E-state index contributed by atoms with van der Waals surface area (Å²) in [7, 11) is 0. The molecule has 122 valence electrons. The number of hydrogen-bond donors (Lipinski definition) is 0. The topological polar surface area (TPSA) is 38.8 Å². The van der Waals surface area contributed by atoms with E-state index in [0.717, 1.165) is 16.5 Å². The fraction of sp³-hybridized carbons (Fsp3) is 0.562. The minimum absolute atomic E-state index is 0.0531. The molecule has 0 saturated carbocycles. The van der Waals surface area contributed by atoms with E-state index >= 15 is 0 Å². The van der Waals surface area contributed by atoms with Gasteiger partial charge in [0.1, 0.15) is 11.4 Å². The predicted octanol–water partition coefficient (Wildman–Crippen LogP) is 4.11. The van der Waals surface area contributed by atoms with Crippen molar-refractivity contribution in [1.82, 2.24) is 4.90 Å². The molecule has 1 aromatic carbocycles.